The molecule has 0 spiro atoms. The number of carbonyl (C=O) groups is 2. The molecule has 0 aromatic heterocycles. The normalized spacial score (nSPS) is 9.23. The molecule has 2 N–H and O–H groups in total. The fraction of sp³-hybridized carbons (Fsp3) is 0. The van der Waals surface area contributed by atoms with Gasteiger partial charge in [-0.2, -0.15) is 0 Å². The summed E-state index contributed by atoms with van der Waals surface area (Å²) in [5, 5.41) is 0. The van der Waals surface area contributed by atoms with Crippen LogP contribution >= 0.6 is 0 Å². The maximum absolute atomic E-state index is 11.1. The molecule has 0 aliphatic heterocycles. The zero-order valence-corrected chi connectivity index (χ0v) is 6.99. The second kappa shape index (κ2) is 3.67. The summed E-state index contributed by atoms with van der Waals surface area (Å²) in [6.07, 6.45) is 1.22. The SMILES string of the molecule is C=CC(=O)c1ccc(C(N)=O)cc1. The summed E-state index contributed by atoms with van der Waals surface area (Å²) in [7, 11) is 0. The predicted octanol–water partition coefficient (Wildman–Crippen LogP) is 1.15. The zero-order valence-electron chi connectivity index (χ0n) is 6.99. The molecular formula is C10H9NO2. The van der Waals surface area contributed by atoms with Crippen molar-refractivity contribution in [1.82, 2.24) is 0 Å². The number of nitrogens with two attached hydrogens (primary N) is 1. The molecule has 0 heterocycles. The van der Waals surface area contributed by atoms with Crippen molar-refractivity contribution >= 4 is 11.7 Å². The van der Waals surface area contributed by atoms with Crippen LogP contribution in [0.25, 0.3) is 0 Å². The summed E-state index contributed by atoms with van der Waals surface area (Å²) in [6.45, 7) is 3.35. The number of hydrogen-bond donors (Lipinski definition) is 1. The minimum atomic E-state index is -0.502. The number of benzene rings is 1. The van der Waals surface area contributed by atoms with Gasteiger partial charge in [-0.25, -0.2) is 0 Å². The molecule has 1 aromatic carbocycles. The molecular weight excluding hydrogens is 166 g/mol. The van der Waals surface area contributed by atoms with E-state index in [0.29, 0.717) is 11.1 Å². The Labute approximate surface area is 75.9 Å². The van der Waals surface area contributed by atoms with Crippen molar-refractivity contribution in [2.45, 2.75) is 0 Å². The molecule has 0 bridgehead atoms. The second-order valence-electron chi connectivity index (χ2n) is 2.51. The fourth-order valence-corrected chi connectivity index (χ4v) is 0.917. The van der Waals surface area contributed by atoms with Crippen LogP contribution in [0.1, 0.15) is 20.7 Å². The molecule has 0 saturated heterocycles. The smallest absolute Gasteiger partial charge is 0.248 e. The molecule has 13 heavy (non-hydrogen) atoms. The van der Waals surface area contributed by atoms with Gasteiger partial charge in [0, 0.05) is 11.1 Å². The van der Waals surface area contributed by atoms with Crippen LogP contribution < -0.4 is 5.73 Å². The Morgan fingerprint density at radius 1 is 1.15 bits per heavy atom. The molecule has 66 valence electrons. The molecule has 0 aliphatic rings. The van der Waals surface area contributed by atoms with E-state index in [2.05, 4.69) is 6.58 Å². The van der Waals surface area contributed by atoms with Gasteiger partial charge >= 0.3 is 0 Å². The monoisotopic (exact) mass is 175 g/mol. The highest BCUT2D eigenvalue weighted by molar-refractivity contribution is 6.04. The zero-order chi connectivity index (χ0) is 9.84. The Morgan fingerprint density at radius 2 is 1.62 bits per heavy atom. The quantitative estimate of drug-likeness (QED) is 0.553. The lowest BCUT2D eigenvalue weighted by Gasteiger charge is -1.96. The van der Waals surface area contributed by atoms with Gasteiger partial charge in [0.1, 0.15) is 0 Å². The van der Waals surface area contributed by atoms with Crippen LogP contribution in [-0.2, 0) is 0 Å². The largest absolute Gasteiger partial charge is 0.366 e. The first-order valence-corrected chi connectivity index (χ1v) is 3.72. The van der Waals surface area contributed by atoms with E-state index in [0.717, 1.165) is 0 Å². The van der Waals surface area contributed by atoms with Crippen LogP contribution in [0, 0.1) is 0 Å². The highest BCUT2D eigenvalue weighted by Crippen LogP contribution is 2.04. The van der Waals surface area contributed by atoms with Crippen LogP contribution in [0.15, 0.2) is 36.9 Å². The number of carbonyl (C=O) groups excluding carboxylic acids is 2. The van der Waals surface area contributed by atoms with Gasteiger partial charge in [0.25, 0.3) is 0 Å². The Balaban J connectivity index is 3.00. The summed E-state index contributed by atoms with van der Waals surface area (Å²) in [5.74, 6) is -0.673. The molecule has 0 unspecified atom stereocenters. The van der Waals surface area contributed by atoms with Crippen molar-refractivity contribution in [2.75, 3.05) is 0 Å². The number of amides is 1. The van der Waals surface area contributed by atoms with Crippen molar-refractivity contribution in [3.05, 3.63) is 48.0 Å². The average Bonchev–Trinajstić information content (AvgIpc) is 2.17. The summed E-state index contributed by atoms with van der Waals surface area (Å²) < 4.78 is 0. The third-order valence-electron chi connectivity index (χ3n) is 1.64. The molecule has 0 fully saturated rings. The molecule has 3 heteroatoms. The van der Waals surface area contributed by atoms with Crippen molar-refractivity contribution in [2.24, 2.45) is 5.73 Å². The third-order valence-corrected chi connectivity index (χ3v) is 1.64. The van der Waals surface area contributed by atoms with Crippen molar-refractivity contribution in [1.29, 1.82) is 0 Å². The van der Waals surface area contributed by atoms with Gasteiger partial charge in [-0.3, -0.25) is 9.59 Å². The lowest BCUT2D eigenvalue weighted by Crippen LogP contribution is -2.10. The van der Waals surface area contributed by atoms with Crippen LogP contribution in [-0.4, -0.2) is 11.7 Å². The van der Waals surface area contributed by atoms with E-state index < -0.39 is 5.91 Å². The number of allylic oxidation sites excluding steroid dienone is 1. The Kier molecular flexibility index (Phi) is 2.59. The summed E-state index contributed by atoms with van der Waals surface area (Å²) in [6, 6.07) is 6.12. The van der Waals surface area contributed by atoms with E-state index in [1.165, 1.54) is 18.2 Å². The number of ketones is 1. The van der Waals surface area contributed by atoms with Gasteiger partial charge in [0.2, 0.25) is 5.91 Å². The van der Waals surface area contributed by atoms with E-state index in [1.54, 1.807) is 12.1 Å². The van der Waals surface area contributed by atoms with Gasteiger partial charge in [0.15, 0.2) is 5.78 Å². The van der Waals surface area contributed by atoms with Gasteiger partial charge in [-0.05, 0) is 18.2 Å². The van der Waals surface area contributed by atoms with Gasteiger partial charge in [0.05, 0.1) is 0 Å². The Hall–Kier alpha value is -1.90. The van der Waals surface area contributed by atoms with Crippen molar-refractivity contribution in [3.63, 3.8) is 0 Å². The van der Waals surface area contributed by atoms with Crippen LogP contribution in [0.3, 0.4) is 0 Å². The lowest BCUT2D eigenvalue weighted by atomic mass is 10.1. The van der Waals surface area contributed by atoms with Gasteiger partial charge in [-0.1, -0.05) is 18.7 Å². The molecule has 1 amide bonds. The molecule has 0 saturated carbocycles. The van der Waals surface area contributed by atoms with Crippen LogP contribution in [0.4, 0.5) is 0 Å². The Morgan fingerprint density at radius 3 is 2.00 bits per heavy atom. The molecule has 1 aromatic rings. The standard InChI is InChI=1S/C10H9NO2/c1-2-9(12)7-3-5-8(6-4-7)10(11)13/h2-6H,1H2,(H2,11,13). The third kappa shape index (κ3) is 2.02. The van der Waals surface area contributed by atoms with Crippen molar-refractivity contribution in [3.8, 4) is 0 Å². The lowest BCUT2D eigenvalue weighted by molar-refractivity contribution is 0.0997. The van der Waals surface area contributed by atoms with Crippen LogP contribution in [0.2, 0.25) is 0 Å². The predicted molar refractivity (Wildman–Crippen MR) is 49.5 cm³/mol. The Bertz CT molecular complexity index is 352. The van der Waals surface area contributed by atoms with Gasteiger partial charge in [-0.15, -0.1) is 0 Å². The van der Waals surface area contributed by atoms with E-state index in [9.17, 15) is 9.59 Å². The maximum Gasteiger partial charge on any atom is 0.248 e. The highest BCUT2D eigenvalue weighted by Gasteiger charge is 2.02. The first-order chi connectivity index (χ1) is 6.15. The molecule has 0 atom stereocenters. The molecule has 0 aliphatic carbocycles. The molecule has 3 nitrogen and oxygen atoms in total. The van der Waals surface area contributed by atoms with Gasteiger partial charge < -0.3 is 5.73 Å². The average molecular weight is 175 g/mol. The first-order valence-electron chi connectivity index (χ1n) is 3.72. The number of primary amides is 1. The fourth-order valence-electron chi connectivity index (χ4n) is 0.917. The molecule has 1 rings (SSSR count). The molecule has 0 radical (unpaired) electrons. The summed E-state index contributed by atoms with van der Waals surface area (Å²) >= 11 is 0. The topological polar surface area (TPSA) is 60.2 Å². The van der Waals surface area contributed by atoms with E-state index in [-0.39, 0.29) is 5.78 Å². The first kappa shape index (κ1) is 9.19. The summed E-state index contributed by atoms with van der Waals surface area (Å²) in [5.41, 5.74) is 5.92. The van der Waals surface area contributed by atoms with Crippen LogP contribution in [0.5, 0.6) is 0 Å². The van der Waals surface area contributed by atoms with Crippen molar-refractivity contribution < 1.29 is 9.59 Å². The minimum Gasteiger partial charge on any atom is -0.366 e. The van der Waals surface area contributed by atoms with E-state index >= 15 is 0 Å². The number of hydrogen-bond acceptors (Lipinski definition) is 2. The second-order valence-corrected chi connectivity index (χ2v) is 2.51. The van der Waals surface area contributed by atoms with E-state index in [4.69, 9.17) is 5.73 Å². The highest BCUT2D eigenvalue weighted by atomic mass is 16.1. The van der Waals surface area contributed by atoms with E-state index in [1.807, 2.05) is 0 Å². The minimum absolute atomic E-state index is 0.170. The number of rotatable bonds is 3. The maximum atomic E-state index is 11.1. The summed E-state index contributed by atoms with van der Waals surface area (Å²) in [4.78, 5) is 21.7.